The van der Waals surface area contributed by atoms with Crippen LogP contribution in [-0.4, -0.2) is 28.4 Å². The van der Waals surface area contributed by atoms with Crippen molar-refractivity contribution in [1.29, 1.82) is 0 Å². The van der Waals surface area contributed by atoms with Gasteiger partial charge >= 0.3 is 6.36 Å². The van der Waals surface area contributed by atoms with Crippen LogP contribution in [0.5, 0.6) is 5.75 Å². The molecule has 172 valence electrons. The van der Waals surface area contributed by atoms with Gasteiger partial charge in [-0.25, -0.2) is 0 Å². The number of carbonyl (C=O) groups is 2. The number of nitrogens with zero attached hydrogens (tertiary/aromatic N) is 2. The van der Waals surface area contributed by atoms with E-state index in [2.05, 4.69) is 20.5 Å². The first-order chi connectivity index (χ1) is 15.6. The predicted octanol–water partition coefficient (Wildman–Crippen LogP) is 4.18. The van der Waals surface area contributed by atoms with Crippen LogP contribution in [0.2, 0.25) is 0 Å². The van der Waals surface area contributed by atoms with Crippen LogP contribution in [0.1, 0.15) is 30.0 Å². The van der Waals surface area contributed by atoms with Gasteiger partial charge in [0.1, 0.15) is 5.69 Å². The molecule has 1 aliphatic heterocycles. The van der Waals surface area contributed by atoms with E-state index in [9.17, 15) is 28.0 Å². The number of piperidine rings is 1. The standard InChI is InChI=1S/C22H19F3N4O4/c1-12-16(15-8-9-20(30)27-21(15)31)10-13-6-7-14(11-17(13)26-12)28-29(32)18-4-2-3-5-19(18)33-22(23,24)25/h2-7,10-11,15,28,32H,8-9H2,1H3,(H,27,30,31). The van der Waals surface area contributed by atoms with Gasteiger partial charge in [-0.15, -0.1) is 13.2 Å². The number of benzene rings is 2. The molecule has 1 saturated heterocycles. The third-order valence-corrected chi connectivity index (χ3v) is 5.22. The summed E-state index contributed by atoms with van der Waals surface area (Å²) >= 11 is 0. The Morgan fingerprint density at radius 3 is 2.67 bits per heavy atom. The number of aryl methyl sites for hydroxylation is 1. The summed E-state index contributed by atoms with van der Waals surface area (Å²) in [6.07, 6.45) is -4.26. The molecule has 0 radical (unpaired) electrons. The van der Waals surface area contributed by atoms with Gasteiger partial charge in [0.15, 0.2) is 5.75 Å². The van der Waals surface area contributed by atoms with Gasteiger partial charge < -0.3 is 4.74 Å². The van der Waals surface area contributed by atoms with E-state index < -0.39 is 18.0 Å². The van der Waals surface area contributed by atoms with Crippen LogP contribution >= 0.6 is 0 Å². The first-order valence-corrected chi connectivity index (χ1v) is 9.96. The van der Waals surface area contributed by atoms with Crippen LogP contribution in [-0.2, 0) is 9.59 Å². The molecule has 8 nitrogen and oxygen atoms in total. The van der Waals surface area contributed by atoms with Crippen LogP contribution < -0.4 is 20.7 Å². The van der Waals surface area contributed by atoms with Gasteiger partial charge in [0.2, 0.25) is 11.8 Å². The predicted molar refractivity (Wildman–Crippen MR) is 113 cm³/mol. The average molecular weight is 460 g/mol. The zero-order valence-corrected chi connectivity index (χ0v) is 17.3. The van der Waals surface area contributed by atoms with Crippen molar-refractivity contribution in [3.05, 3.63) is 59.8 Å². The van der Waals surface area contributed by atoms with Crippen molar-refractivity contribution in [2.75, 3.05) is 10.6 Å². The SMILES string of the molecule is Cc1nc2cc(NN(O)c3ccccc3OC(F)(F)F)ccc2cc1C1CCC(=O)NC1=O. The minimum absolute atomic E-state index is 0.243. The summed E-state index contributed by atoms with van der Waals surface area (Å²) in [6.45, 7) is 1.75. The summed E-state index contributed by atoms with van der Waals surface area (Å²) in [5, 5.41) is 13.8. The van der Waals surface area contributed by atoms with E-state index in [0.717, 1.165) is 17.0 Å². The zero-order chi connectivity index (χ0) is 23.8. The van der Waals surface area contributed by atoms with E-state index in [-0.39, 0.29) is 23.9 Å². The Kier molecular flexibility index (Phi) is 5.81. The number of alkyl halides is 3. The summed E-state index contributed by atoms with van der Waals surface area (Å²) in [5.74, 6) is -1.71. The van der Waals surface area contributed by atoms with Crippen LogP contribution in [0.3, 0.4) is 0 Å². The van der Waals surface area contributed by atoms with E-state index in [0.29, 0.717) is 28.5 Å². The number of ether oxygens (including phenoxy) is 1. The highest BCUT2D eigenvalue weighted by Gasteiger charge is 2.33. The zero-order valence-electron chi connectivity index (χ0n) is 17.3. The molecule has 1 atom stereocenters. The second kappa shape index (κ2) is 8.58. The molecule has 2 heterocycles. The maximum absolute atomic E-state index is 12.6. The number of hydrogen-bond donors (Lipinski definition) is 3. The van der Waals surface area contributed by atoms with Crippen molar-refractivity contribution < 1.29 is 32.7 Å². The Labute approximate surface area is 185 Å². The van der Waals surface area contributed by atoms with Gasteiger partial charge in [-0.05, 0) is 49.2 Å². The van der Waals surface area contributed by atoms with Crippen LogP contribution in [0.4, 0.5) is 24.5 Å². The summed E-state index contributed by atoms with van der Waals surface area (Å²) < 4.78 is 41.9. The molecule has 3 aromatic rings. The molecule has 0 bridgehead atoms. The second-order valence-electron chi connectivity index (χ2n) is 7.51. The molecule has 0 saturated carbocycles. The van der Waals surface area contributed by atoms with Gasteiger partial charge in [0, 0.05) is 17.5 Å². The highest BCUT2D eigenvalue weighted by molar-refractivity contribution is 6.01. The van der Waals surface area contributed by atoms with Crippen molar-refractivity contribution in [1.82, 2.24) is 10.3 Å². The maximum Gasteiger partial charge on any atom is 0.573 e. The lowest BCUT2D eigenvalue weighted by Gasteiger charge is -2.23. The largest absolute Gasteiger partial charge is 0.573 e. The monoisotopic (exact) mass is 460 g/mol. The Hall–Kier alpha value is -3.86. The topological polar surface area (TPSA) is 104 Å². The summed E-state index contributed by atoms with van der Waals surface area (Å²) in [5.41, 5.74) is 4.57. The number of halogens is 3. The Morgan fingerprint density at radius 2 is 1.94 bits per heavy atom. The number of fused-ring (bicyclic) bond motifs is 1. The highest BCUT2D eigenvalue weighted by atomic mass is 19.4. The Morgan fingerprint density at radius 1 is 1.18 bits per heavy atom. The number of rotatable bonds is 5. The first-order valence-electron chi connectivity index (χ1n) is 9.96. The number of carbonyl (C=O) groups excluding carboxylic acids is 2. The number of nitrogens with one attached hydrogen (secondary N) is 2. The van der Waals surface area contributed by atoms with Crippen molar-refractivity contribution >= 4 is 34.1 Å². The van der Waals surface area contributed by atoms with Gasteiger partial charge in [-0.2, -0.15) is 5.17 Å². The van der Waals surface area contributed by atoms with Crippen LogP contribution in [0.15, 0.2) is 48.5 Å². The molecule has 0 aliphatic carbocycles. The molecule has 2 amide bonds. The number of anilines is 2. The van der Waals surface area contributed by atoms with Gasteiger partial charge in [0.25, 0.3) is 0 Å². The van der Waals surface area contributed by atoms with E-state index in [1.54, 1.807) is 25.1 Å². The summed E-state index contributed by atoms with van der Waals surface area (Å²) in [7, 11) is 0. The molecule has 1 fully saturated rings. The van der Waals surface area contributed by atoms with Crippen LogP contribution in [0.25, 0.3) is 10.9 Å². The number of aromatic nitrogens is 1. The van der Waals surface area contributed by atoms with Gasteiger partial charge in [0.05, 0.1) is 17.1 Å². The van der Waals surface area contributed by atoms with Crippen molar-refractivity contribution in [2.45, 2.75) is 32.0 Å². The normalized spacial score (nSPS) is 16.5. The maximum atomic E-state index is 12.6. The minimum Gasteiger partial charge on any atom is -0.403 e. The summed E-state index contributed by atoms with van der Waals surface area (Å²) in [6, 6.07) is 11.9. The number of hydrazine groups is 1. The second-order valence-corrected chi connectivity index (χ2v) is 7.51. The quantitative estimate of drug-likeness (QED) is 0.388. The molecular weight excluding hydrogens is 441 g/mol. The molecule has 0 spiro atoms. The number of hydrogen-bond acceptors (Lipinski definition) is 7. The van der Waals surface area contributed by atoms with E-state index in [1.165, 1.54) is 18.2 Å². The van der Waals surface area contributed by atoms with E-state index >= 15 is 0 Å². The van der Waals surface area contributed by atoms with Crippen molar-refractivity contribution in [3.8, 4) is 5.75 Å². The van der Waals surface area contributed by atoms with Gasteiger partial charge in [-0.1, -0.05) is 18.2 Å². The van der Waals surface area contributed by atoms with Crippen molar-refractivity contribution in [3.63, 3.8) is 0 Å². The Bertz CT molecular complexity index is 1230. The Balaban J connectivity index is 1.58. The molecule has 11 heteroatoms. The molecule has 3 N–H and O–H groups in total. The molecule has 1 aromatic heterocycles. The average Bonchev–Trinajstić information content (AvgIpc) is 2.73. The highest BCUT2D eigenvalue weighted by Crippen LogP contribution is 2.33. The molecule has 1 unspecified atom stereocenters. The number of amides is 2. The lowest BCUT2D eigenvalue weighted by Crippen LogP contribution is -2.39. The number of para-hydroxylation sites is 2. The van der Waals surface area contributed by atoms with Crippen LogP contribution in [0, 0.1) is 6.92 Å². The lowest BCUT2D eigenvalue weighted by atomic mass is 9.89. The summed E-state index contributed by atoms with van der Waals surface area (Å²) in [4.78, 5) is 28.2. The third-order valence-electron chi connectivity index (χ3n) is 5.22. The fourth-order valence-corrected chi connectivity index (χ4v) is 3.72. The molecule has 1 aliphatic rings. The lowest BCUT2D eigenvalue weighted by molar-refractivity contribution is -0.274. The van der Waals surface area contributed by atoms with Gasteiger partial charge in [-0.3, -0.25) is 30.5 Å². The third kappa shape index (κ3) is 4.98. The first kappa shape index (κ1) is 22.3. The molecule has 33 heavy (non-hydrogen) atoms. The fourth-order valence-electron chi connectivity index (χ4n) is 3.72. The van der Waals surface area contributed by atoms with E-state index in [1.807, 2.05) is 6.07 Å². The molecule has 2 aromatic carbocycles. The fraction of sp³-hybridized carbons (Fsp3) is 0.227. The molecular formula is C22H19F3N4O4. The van der Waals surface area contributed by atoms with E-state index in [4.69, 9.17) is 0 Å². The number of imide groups is 1. The van der Waals surface area contributed by atoms with Crippen molar-refractivity contribution in [2.24, 2.45) is 0 Å². The smallest absolute Gasteiger partial charge is 0.403 e. The molecule has 4 rings (SSSR count). The number of pyridine rings is 1. The minimum atomic E-state index is -4.92.